The Morgan fingerprint density at radius 3 is 1.96 bits per heavy atom. The summed E-state index contributed by atoms with van der Waals surface area (Å²) in [5.41, 5.74) is -2.05. The first kappa shape index (κ1) is 19.0. The van der Waals surface area contributed by atoms with Crippen LogP contribution in [0.5, 0.6) is 0 Å². The Labute approximate surface area is 138 Å². The Morgan fingerprint density at radius 1 is 1.04 bits per heavy atom. The quantitative estimate of drug-likeness (QED) is 0.888. The molecule has 0 saturated heterocycles. The summed E-state index contributed by atoms with van der Waals surface area (Å²) >= 11 is 0. The highest BCUT2D eigenvalue weighted by atomic mass is 16.6. The van der Waals surface area contributed by atoms with Crippen molar-refractivity contribution in [2.75, 3.05) is 0 Å². The number of carbonyl (C=O) groups is 2. The van der Waals surface area contributed by atoms with E-state index >= 15 is 0 Å². The molecular weight excluding hydrogens is 294 g/mol. The van der Waals surface area contributed by atoms with Gasteiger partial charge in [-0.3, -0.25) is 0 Å². The number of aliphatic carboxylic acids is 1. The zero-order chi connectivity index (χ0) is 17.9. The Balaban J connectivity index is 3.20. The van der Waals surface area contributed by atoms with Crippen LogP contribution < -0.4 is 5.32 Å². The van der Waals surface area contributed by atoms with Crippen molar-refractivity contribution in [2.24, 2.45) is 5.41 Å². The van der Waals surface area contributed by atoms with Crippen molar-refractivity contribution in [3.05, 3.63) is 35.9 Å². The number of hydrogen-bond acceptors (Lipinski definition) is 3. The lowest BCUT2D eigenvalue weighted by atomic mass is 9.70. The van der Waals surface area contributed by atoms with Gasteiger partial charge in [-0.1, -0.05) is 51.1 Å². The normalized spacial score (nSPS) is 14.7. The van der Waals surface area contributed by atoms with E-state index in [1.807, 2.05) is 30.3 Å². The van der Waals surface area contributed by atoms with Gasteiger partial charge in [0.25, 0.3) is 0 Å². The largest absolute Gasteiger partial charge is 0.479 e. The molecule has 0 fully saturated rings. The van der Waals surface area contributed by atoms with Gasteiger partial charge in [-0.15, -0.1) is 0 Å². The van der Waals surface area contributed by atoms with Crippen molar-refractivity contribution in [1.29, 1.82) is 0 Å². The maximum atomic E-state index is 12.2. The Morgan fingerprint density at radius 2 is 1.57 bits per heavy atom. The zero-order valence-electron chi connectivity index (χ0n) is 14.8. The molecule has 0 aromatic heterocycles. The first-order valence-corrected chi connectivity index (χ1v) is 7.66. The number of amides is 1. The van der Waals surface area contributed by atoms with Crippen molar-refractivity contribution in [3.63, 3.8) is 0 Å². The third-order valence-electron chi connectivity index (χ3n) is 3.67. The minimum atomic E-state index is -1.48. The molecule has 1 atom stereocenters. The van der Waals surface area contributed by atoms with Gasteiger partial charge in [0, 0.05) is 6.42 Å². The van der Waals surface area contributed by atoms with Crippen molar-refractivity contribution in [3.8, 4) is 0 Å². The Kier molecular flexibility index (Phi) is 5.46. The monoisotopic (exact) mass is 321 g/mol. The molecule has 1 aromatic rings. The van der Waals surface area contributed by atoms with E-state index < -0.39 is 28.6 Å². The summed E-state index contributed by atoms with van der Waals surface area (Å²) in [6.07, 6.45) is -0.558. The summed E-state index contributed by atoms with van der Waals surface area (Å²) < 4.78 is 5.26. The molecule has 1 aromatic carbocycles. The van der Waals surface area contributed by atoms with E-state index in [9.17, 15) is 14.7 Å². The average molecular weight is 321 g/mol. The third-order valence-corrected chi connectivity index (χ3v) is 3.67. The molecule has 0 saturated carbocycles. The van der Waals surface area contributed by atoms with Gasteiger partial charge in [0.1, 0.15) is 11.1 Å². The minimum Gasteiger partial charge on any atom is -0.479 e. The lowest BCUT2D eigenvalue weighted by Crippen LogP contribution is -2.64. The van der Waals surface area contributed by atoms with E-state index in [1.165, 1.54) is 0 Å². The van der Waals surface area contributed by atoms with Gasteiger partial charge >= 0.3 is 12.1 Å². The summed E-state index contributed by atoms with van der Waals surface area (Å²) in [5, 5.41) is 12.5. The highest BCUT2D eigenvalue weighted by Crippen LogP contribution is 2.34. The first-order chi connectivity index (χ1) is 10.4. The van der Waals surface area contributed by atoms with Crippen LogP contribution in [0.3, 0.4) is 0 Å². The number of rotatable bonds is 4. The average Bonchev–Trinajstić information content (AvgIpc) is 2.35. The van der Waals surface area contributed by atoms with Crippen LogP contribution in [0.4, 0.5) is 4.79 Å². The molecule has 0 aliphatic rings. The van der Waals surface area contributed by atoms with E-state index in [0.717, 1.165) is 5.56 Å². The highest BCUT2D eigenvalue weighted by molar-refractivity contribution is 5.86. The summed E-state index contributed by atoms with van der Waals surface area (Å²) in [4.78, 5) is 24.3. The second-order valence-corrected chi connectivity index (χ2v) is 7.75. The second-order valence-electron chi connectivity index (χ2n) is 7.75. The predicted molar refractivity (Wildman–Crippen MR) is 89.3 cm³/mol. The van der Waals surface area contributed by atoms with Crippen LogP contribution in [0, 0.1) is 5.41 Å². The molecule has 5 heteroatoms. The van der Waals surface area contributed by atoms with Gasteiger partial charge in [-0.25, -0.2) is 9.59 Å². The van der Waals surface area contributed by atoms with Crippen molar-refractivity contribution < 1.29 is 19.4 Å². The molecule has 0 aliphatic heterocycles. The zero-order valence-corrected chi connectivity index (χ0v) is 14.8. The van der Waals surface area contributed by atoms with Crippen LogP contribution in [-0.4, -0.2) is 28.3 Å². The molecule has 5 nitrogen and oxygen atoms in total. The molecule has 2 N–H and O–H groups in total. The second kappa shape index (κ2) is 6.60. The van der Waals surface area contributed by atoms with Crippen molar-refractivity contribution in [2.45, 2.75) is 59.1 Å². The first-order valence-electron chi connectivity index (χ1n) is 7.66. The topological polar surface area (TPSA) is 75.6 Å². The maximum absolute atomic E-state index is 12.2. The number of alkyl carbamates (subject to hydrolysis) is 1. The van der Waals surface area contributed by atoms with Crippen LogP contribution in [0.15, 0.2) is 30.3 Å². The molecule has 0 aliphatic carbocycles. The predicted octanol–water partition coefficient (Wildman–Crippen LogP) is 3.62. The standard InChI is InChI=1S/C18H27NO4/c1-16(2,3)18(14(20)21,12-13-10-8-7-9-11-13)19-15(22)23-17(4,5)6/h7-11H,12H2,1-6H3,(H,19,22)(H,20,21)/t18-/m1/s1. The maximum Gasteiger partial charge on any atom is 0.408 e. The number of benzene rings is 1. The van der Waals surface area contributed by atoms with Gasteiger partial charge in [0.05, 0.1) is 0 Å². The molecule has 1 amide bonds. The number of hydrogen-bond donors (Lipinski definition) is 2. The fourth-order valence-corrected chi connectivity index (χ4v) is 2.33. The SMILES string of the molecule is CC(C)(C)OC(=O)N[C@](Cc1ccccc1)(C(=O)O)C(C)(C)C. The summed E-state index contributed by atoms with van der Waals surface area (Å²) in [5.74, 6) is -1.08. The summed E-state index contributed by atoms with van der Waals surface area (Å²) in [6, 6.07) is 9.25. The molecule has 0 spiro atoms. The number of carboxylic acid groups (broad SMARTS) is 1. The van der Waals surface area contributed by atoms with Crippen molar-refractivity contribution in [1.82, 2.24) is 5.32 Å². The van der Waals surface area contributed by atoms with Gasteiger partial charge in [0.2, 0.25) is 0 Å². The number of ether oxygens (including phenoxy) is 1. The van der Waals surface area contributed by atoms with Crippen LogP contribution in [0.2, 0.25) is 0 Å². The van der Waals surface area contributed by atoms with Gasteiger partial charge < -0.3 is 15.2 Å². The Hall–Kier alpha value is -2.04. The van der Waals surface area contributed by atoms with Gasteiger partial charge in [-0.05, 0) is 31.7 Å². The Bertz CT molecular complexity index is 555. The molecule has 0 heterocycles. The molecular formula is C18H27NO4. The van der Waals surface area contributed by atoms with Crippen LogP contribution in [0.1, 0.15) is 47.1 Å². The van der Waals surface area contributed by atoms with Gasteiger partial charge in [-0.2, -0.15) is 0 Å². The smallest absolute Gasteiger partial charge is 0.408 e. The van der Waals surface area contributed by atoms with E-state index in [-0.39, 0.29) is 6.42 Å². The minimum absolute atomic E-state index is 0.173. The van der Waals surface area contributed by atoms with Crippen molar-refractivity contribution >= 4 is 12.1 Å². The van der Waals surface area contributed by atoms with E-state index in [4.69, 9.17) is 4.74 Å². The molecule has 23 heavy (non-hydrogen) atoms. The number of nitrogens with one attached hydrogen (secondary N) is 1. The fraction of sp³-hybridized carbons (Fsp3) is 0.556. The van der Waals surface area contributed by atoms with Crippen LogP contribution in [-0.2, 0) is 16.0 Å². The summed E-state index contributed by atoms with van der Waals surface area (Å²) in [6.45, 7) is 10.6. The molecule has 1 rings (SSSR count). The lowest BCUT2D eigenvalue weighted by Gasteiger charge is -2.42. The highest BCUT2D eigenvalue weighted by Gasteiger charge is 2.50. The van der Waals surface area contributed by atoms with E-state index in [1.54, 1.807) is 41.5 Å². The number of carbonyl (C=O) groups excluding carboxylic acids is 1. The third kappa shape index (κ3) is 4.98. The van der Waals surface area contributed by atoms with Crippen LogP contribution in [0.25, 0.3) is 0 Å². The molecule has 0 radical (unpaired) electrons. The van der Waals surface area contributed by atoms with Crippen LogP contribution >= 0.6 is 0 Å². The molecule has 0 unspecified atom stereocenters. The van der Waals surface area contributed by atoms with E-state index in [0.29, 0.717) is 0 Å². The fourth-order valence-electron chi connectivity index (χ4n) is 2.33. The van der Waals surface area contributed by atoms with E-state index in [2.05, 4.69) is 5.32 Å². The summed E-state index contributed by atoms with van der Waals surface area (Å²) in [7, 11) is 0. The lowest BCUT2D eigenvalue weighted by molar-refractivity contribution is -0.150. The molecule has 0 bridgehead atoms. The molecule has 128 valence electrons. The number of carboxylic acids is 1. The van der Waals surface area contributed by atoms with Gasteiger partial charge in [0.15, 0.2) is 0 Å².